The van der Waals surface area contributed by atoms with E-state index in [-0.39, 0.29) is 18.4 Å². The zero-order chi connectivity index (χ0) is 10.4. The van der Waals surface area contributed by atoms with Gasteiger partial charge in [0.15, 0.2) is 0 Å². The fraction of sp³-hybridized carbons (Fsp3) is 0.200. The Balaban J connectivity index is 2.48. The van der Waals surface area contributed by atoms with Crippen LogP contribution >= 0.6 is 0 Å². The van der Waals surface area contributed by atoms with E-state index in [1.165, 1.54) is 7.05 Å². The third-order valence-electron chi connectivity index (χ3n) is 1.58. The van der Waals surface area contributed by atoms with E-state index in [0.717, 1.165) is 0 Å². The van der Waals surface area contributed by atoms with Crippen LogP contribution in [0.25, 0.3) is 0 Å². The van der Waals surface area contributed by atoms with Gasteiger partial charge in [-0.2, -0.15) is 0 Å². The first kappa shape index (κ1) is 10.1. The molecule has 4 nitrogen and oxygen atoms in total. The number of amides is 2. The molecular formula is C10H10N2O2. The normalized spacial score (nSPS) is 8.64. The highest BCUT2D eigenvalue weighted by molar-refractivity contribution is 5.95. The molecule has 0 aromatic heterocycles. The standard InChI is InChI=1S/C10H10N2O2/c1-11-9(13)7-12-10(14)8-5-3-2-4-6-8/h2-3,5H,7H2,1H3,(H,11,13)(H,12,14). The van der Waals surface area contributed by atoms with Crippen molar-refractivity contribution in [3.8, 4) is 0 Å². The zero-order valence-electron chi connectivity index (χ0n) is 7.76. The van der Waals surface area contributed by atoms with Gasteiger partial charge in [-0.1, -0.05) is 18.2 Å². The summed E-state index contributed by atoms with van der Waals surface area (Å²) >= 11 is 0. The summed E-state index contributed by atoms with van der Waals surface area (Å²) in [5, 5.41) is 4.85. The number of nitrogens with one attached hydrogen (secondary N) is 2. The number of likely N-dealkylation sites (N-methyl/N-ethyl adjacent to an activating group) is 1. The molecule has 0 radical (unpaired) electrons. The third kappa shape index (κ3) is 2.79. The van der Waals surface area contributed by atoms with Crippen molar-refractivity contribution >= 4 is 11.8 Å². The van der Waals surface area contributed by atoms with E-state index >= 15 is 0 Å². The van der Waals surface area contributed by atoms with E-state index in [2.05, 4.69) is 22.8 Å². The Labute approximate surface area is 82.3 Å². The molecule has 0 bridgehead atoms. The van der Waals surface area contributed by atoms with Crippen LogP contribution in [0.2, 0.25) is 0 Å². The van der Waals surface area contributed by atoms with Crippen molar-refractivity contribution in [2.24, 2.45) is 0 Å². The predicted octanol–water partition coefficient (Wildman–Crippen LogP) is -0.237. The smallest absolute Gasteiger partial charge is 0.260 e. The summed E-state index contributed by atoms with van der Waals surface area (Å²) in [4.78, 5) is 22.1. The molecule has 0 spiro atoms. The summed E-state index contributed by atoms with van der Waals surface area (Å²) in [5.41, 5.74) is 0.372. The molecule has 0 unspecified atom stereocenters. The van der Waals surface area contributed by atoms with Crippen molar-refractivity contribution in [1.29, 1.82) is 0 Å². The molecule has 0 heterocycles. The molecule has 1 rings (SSSR count). The minimum Gasteiger partial charge on any atom is -0.358 e. The van der Waals surface area contributed by atoms with Crippen LogP contribution in [-0.4, -0.2) is 25.4 Å². The Morgan fingerprint density at radius 1 is 1.50 bits per heavy atom. The quantitative estimate of drug-likeness (QED) is 0.691. The maximum atomic E-state index is 11.3. The first-order chi connectivity index (χ1) is 6.74. The van der Waals surface area contributed by atoms with E-state index in [1.807, 2.05) is 0 Å². The molecule has 1 aromatic carbocycles. The van der Waals surface area contributed by atoms with Gasteiger partial charge in [-0.05, 0) is 12.1 Å². The lowest BCUT2D eigenvalue weighted by Gasteiger charge is -2.01. The van der Waals surface area contributed by atoms with Gasteiger partial charge in [0.05, 0.1) is 12.1 Å². The van der Waals surface area contributed by atoms with Gasteiger partial charge in [0.2, 0.25) is 5.91 Å². The van der Waals surface area contributed by atoms with Gasteiger partial charge in [-0.15, -0.1) is 0 Å². The topological polar surface area (TPSA) is 58.2 Å². The highest BCUT2D eigenvalue weighted by Crippen LogP contribution is 1.91. The van der Waals surface area contributed by atoms with Gasteiger partial charge in [0.25, 0.3) is 5.91 Å². The first-order valence-electron chi connectivity index (χ1n) is 4.11. The van der Waals surface area contributed by atoms with E-state index in [4.69, 9.17) is 0 Å². The fourth-order valence-electron chi connectivity index (χ4n) is 0.830. The number of carbonyl (C=O) groups is 2. The van der Waals surface area contributed by atoms with E-state index in [0.29, 0.717) is 5.56 Å². The summed E-state index contributed by atoms with van der Waals surface area (Å²) in [7, 11) is 1.51. The fourth-order valence-corrected chi connectivity index (χ4v) is 0.830. The van der Waals surface area contributed by atoms with Crippen molar-refractivity contribution < 1.29 is 9.59 Å². The van der Waals surface area contributed by atoms with E-state index < -0.39 is 0 Å². The lowest BCUT2D eigenvalue weighted by molar-refractivity contribution is -0.119. The molecule has 0 aliphatic carbocycles. The second-order valence-electron chi connectivity index (χ2n) is 2.56. The van der Waals surface area contributed by atoms with Crippen LogP contribution in [0.3, 0.4) is 0 Å². The Kier molecular flexibility index (Phi) is 3.50. The van der Waals surface area contributed by atoms with Crippen LogP contribution in [0.5, 0.6) is 0 Å². The number of hydrogen-bond acceptors (Lipinski definition) is 2. The van der Waals surface area contributed by atoms with E-state index in [9.17, 15) is 9.59 Å². The molecule has 0 aliphatic rings. The molecule has 2 amide bonds. The van der Waals surface area contributed by atoms with Gasteiger partial charge in [-0.3, -0.25) is 9.59 Å². The number of rotatable bonds is 3. The summed E-state index contributed by atoms with van der Waals surface area (Å²) in [6.45, 7) is -0.0297. The highest BCUT2D eigenvalue weighted by atomic mass is 16.2. The van der Waals surface area contributed by atoms with Crippen LogP contribution in [0.4, 0.5) is 0 Å². The van der Waals surface area contributed by atoms with Gasteiger partial charge in [0, 0.05) is 7.05 Å². The monoisotopic (exact) mass is 190 g/mol. The molecule has 0 atom stereocenters. The molecule has 4 heteroatoms. The third-order valence-corrected chi connectivity index (χ3v) is 1.58. The van der Waals surface area contributed by atoms with Crippen molar-refractivity contribution in [2.45, 2.75) is 0 Å². The van der Waals surface area contributed by atoms with Crippen molar-refractivity contribution in [3.63, 3.8) is 0 Å². The van der Waals surface area contributed by atoms with Crippen LogP contribution in [0.15, 0.2) is 18.2 Å². The maximum Gasteiger partial charge on any atom is 0.260 e. The highest BCUT2D eigenvalue weighted by Gasteiger charge is 2.05. The first-order valence-corrected chi connectivity index (χ1v) is 4.11. The second-order valence-corrected chi connectivity index (χ2v) is 2.56. The van der Waals surface area contributed by atoms with Crippen molar-refractivity contribution in [2.75, 3.05) is 13.6 Å². The van der Waals surface area contributed by atoms with Crippen LogP contribution in [0, 0.1) is 12.1 Å². The second kappa shape index (κ2) is 4.87. The lowest BCUT2D eigenvalue weighted by atomic mass is 10.2. The molecule has 14 heavy (non-hydrogen) atoms. The van der Waals surface area contributed by atoms with Gasteiger partial charge >= 0.3 is 0 Å². The molecule has 72 valence electrons. The summed E-state index contributed by atoms with van der Waals surface area (Å²) in [5.74, 6) is -0.566. The Bertz CT molecular complexity index is 322. The molecule has 1 aromatic rings. The van der Waals surface area contributed by atoms with Crippen LogP contribution < -0.4 is 10.6 Å². The summed E-state index contributed by atoms with van der Waals surface area (Å²) in [6.07, 6.45) is 0. The van der Waals surface area contributed by atoms with E-state index in [1.54, 1.807) is 18.2 Å². The largest absolute Gasteiger partial charge is 0.358 e. The predicted molar refractivity (Wildman–Crippen MR) is 50.5 cm³/mol. The lowest BCUT2D eigenvalue weighted by Crippen LogP contribution is -2.35. The summed E-state index contributed by atoms with van der Waals surface area (Å²) in [6, 6.07) is 10.2. The zero-order valence-corrected chi connectivity index (χ0v) is 7.76. The number of carbonyl (C=O) groups excluding carboxylic acids is 2. The van der Waals surface area contributed by atoms with Crippen molar-refractivity contribution in [3.05, 3.63) is 35.9 Å². The minimum atomic E-state index is -0.328. The molecule has 0 saturated heterocycles. The average Bonchev–Trinajstić information content (AvgIpc) is 2.26. The average molecular weight is 190 g/mol. The molecule has 0 fully saturated rings. The molecule has 0 saturated carbocycles. The number of hydrogen-bond donors (Lipinski definition) is 2. The Morgan fingerprint density at radius 3 is 2.86 bits per heavy atom. The van der Waals surface area contributed by atoms with Gasteiger partial charge in [-0.25, -0.2) is 0 Å². The van der Waals surface area contributed by atoms with Crippen LogP contribution in [0.1, 0.15) is 10.4 Å². The van der Waals surface area contributed by atoms with Gasteiger partial charge in [0.1, 0.15) is 0 Å². The van der Waals surface area contributed by atoms with Crippen LogP contribution in [-0.2, 0) is 4.79 Å². The molecular weight excluding hydrogens is 180 g/mol. The Morgan fingerprint density at radius 2 is 2.29 bits per heavy atom. The van der Waals surface area contributed by atoms with Crippen molar-refractivity contribution in [1.82, 2.24) is 10.6 Å². The maximum absolute atomic E-state index is 11.3. The Hall–Kier alpha value is -2.02. The minimum absolute atomic E-state index is 0.0297. The molecule has 2 N–H and O–H groups in total. The SMILES string of the molecule is CNC(=O)CNC(=O)c1c#cccc1. The summed E-state index contributed by atoms with van der Waals surface area (Å²) < 4.78 is 0. The molecule has 0 aliphatic heterocycles. The van der Waals surface area contributed by atoms with Gasteiger partial charge < -0.3 is 10.6 Å².